The van der Waals surface area contributed by atoms with E-state index >= 15 is 0 Å². The predicted octanol–water partition coefficient (Wildman–Crippen LogP) is 5.56. The molecule has 0 radical (unpaired) electrons. The van der Waals surface area contributed by atoms with Crippen LogP contribution < -0.4 is 10.6 Å². The Bertz CT molecular complexity index is 930. The summed E-state index contributed by atoms with van der Waals surface area (Å²) >= 11 is 12.1. The highest BCUT2D eigenvalue weighted by atomic mass is 35.5. The van der Waals surface area contributed by atoms with Gasteiger partial charge in [0.2, 0.25) is 0 Å². The lowest BCUT2D eigenvalue weighted by atomic mass is 10.1. The third-order valence-corrected chi connectivity index (χ3v) is 4.31. The summed E-state index contributed by atoms with van der Waals surface area (Å²) in [7, 11) is 0. The Labute approximate surface area is 161 Å². The van der Waals surface area contributed by atoms with Gasteiger partial charge in [0.05, 0.1) is 16.3 Å². The molecule has 0 unspecified atom stereocenters. The fourth-order valence-electron chi connectivity index (χ4n) is 2.41. The number of carbonyl (C=O) groups is 1. The molecule has 0 aromatic heterocycles. The van der Waals surface area contributed by atoms with E-state index in [-0.39, 0.29) is 11.3 Å². The summed E-state index contributed by atoms with van der Waals surface area (Å²) in [6.07, 6.45) is 0. The normalized spacial score (nSPS) is 10.4. The van der Waals surface area contributed by atoms with Crippen molar-refractivity contribution in [3.05, 3.63) is 87.9 Å². The minimum absolute atomic E-state index is 0.0832. The molecule has 0 aliphatic heterocycles. The van der Waals surface area contributed by atoms with Crippen molar-refractivity contribution < 1.29 is 9.90 Å². The summed E-state index contributed by atoms with van der Waals surface area (Å²) in [5.74, 6) is -0.638. The van der Waals surface area contributed by atoms with Gasteiger partial charge in [0, 0.05) is 17.3 Å². The number of aromatic hydroxyl groups is 1. The Morgan fingerprint density at radius 3 is 2.46 bits per heavy atom. The second-order valence-electron chi connectivity index (χ2n) is 5.65. The third-order valence-electron chi connectivity index (χ3n) is 3.76. The zero-order valence-corrected chi connectivity index (χ0v) is 15.2. The van der Waals surface area contributed by atoms with Gasteiger partial charge >= 0.3 is 0 Å². The van der Waals surface area contributed by atoms with E-state index < -0.39 is 5.91 Å². The first-order valence-corrected chi connectivity index (χ1v) is 8.66. The molecule has 4 nitrogen and oxygen atoms in total. The second-order valence-corrected chi connectivity index (χ2v) is 6.49. The fourth-order valence-corrected chi connectivity index (χ4v) is 2.81. The SMILES string of the molecule is O=C(Nc1ccc(NCc2ccccc2)cc1Cl)c1cc(Cl)ccc1O. The molecule has 0 heterocycles. The van der Waals surface area contributed by atoms with Gasteiger partial charge in [0.15, 0.2) is 0 Å². The molecule has 0 saturated carbocycles. The second kappa shape index (κ2) is 8.13. The molecule has 3 aromatic carbocycles. The van der Waals surface area contributed by atoms with Crippen LogP contribution in [0, 0.1) is 0 Å². The van der Waals surface area contributed by atoms with Crippen molar-refractivity contribution in [1.82, 2.24) is 0 Å². The third kappa shape index (κ3) is 4.48. The summed E-state index contributed by atoms with van der Waals surface area (Å²) < 4.78 is 0. The zero-order valence-electron chi connectivity index (χ0n) is 13.7. The van der Waals surface area contributed by atoms with Crippen molar-refractivity contribution in [2.45, 2.75) is 6.54 Å². The van der Waals surface area contributed by atoms with Crippen LogP contribution in [0.25, 0.3) is 0 Å². The molecular weight excluding hydrogens is 371 g/mol. The Morgan fingerprint density at radius 1 is 0.962 bits per heavy atom. The average Bonchev–Trinajstić information content (AvgIpc) is 2.64. The van der Waals surface area contributed by atoms with E-state index in [0.29, 0.717) is 22.3 Å². The quantitative estimate of drug-likeness (QED) is 0.537. The smallest absolute Gasteiger partial charge is 0.259 e. The number of phenols is 1. The molecule has 0 bridgehead atoms. The topological polar surface area (TPSA) is 61.4 Å². The van der Waals surface area contributed by atoms with Crippen LogP contribution in [0.3, 0.4) is 0 Å². The van der Waals surface area contributed by atoms with E-state index in [9.17, 15) is 9.90 Å². The molecule has 0 aliphatic carbocycles. The van der Waals surface area contributed by atoms with Crippen LogP contribution in [0.2, 0.25) is 10.0 Å². The minimum atomic E-state index is -0.489. The van der Waals surface area contributed by atoms with Crippen LogP contribution in [0.4, 0.5) is 11.4 Å². The standard InChI is InChI=1S/C20H16Cl2N2O2/c21-14-6-9-19(25)16(10-14)20(26)24-18-8-7-15(11-17(18)22)23-12-13-4-2-1-3-5-13/h1-11,23,25H,12H2,(H,24,26). The number of rotatable bonds is 5. The molecule has 3 aromatic rings. The molecular formula is C20H16Cl2N2O2. The zero-order chi connectivity index (χ0) is 18.5. The van der Waals surface area contributed by atoms with Gasteiger partial charge in [-0.15, -0.1) is 0 Å². The van der Waals surface area contributed by atoms with E-state index in [1.807, 2.05) is 36.4 Å². The minimum Gasteiger partial charge on any atom is -0.507 e. The number of hydrogen-bond donors (Lipinski definition) is 3. The van der Waals surface area contributed by atoms with Gasteiger partial charge in [-0.2, -0.15) is 0 Å². The van der Waals surface area contributed by atoms with Crippen LogP contribution in [0.15, 0.2) is 66.7 Å². The fraction of sp³-hybridized carbons (Fsp3) is 0.0500. The number of nitrogens with one attached hydrogen (secondary N) is 2. The van der Waals surface area contributed by atoms with Crippen molar-refractivity contribution in [2.24, 2.45) is 0 Å². The van der Waals surface area contributed by atoms with Gasteiger partial charge in [-0.3, -0.25) is 4.79 Å². The molecule has 132 valence electrons. The lowest BCUT2D eigenvalue weighted by molar-refractivity contribution is 0.102. The number of halogens is 2. The van der Waals surface area contributed by atoms with Gasteiger partial charge in [-0.25, -0.2) is 0 Å². The van der Waals surface area contributed by atoms with Gasteiger partial charge in [-0.1, -0.05) is 53.5 Å². The molecule has 6 heteroatoms. The molecule has 0 saturated heterocycles. The highest BCUT2D eigenvalue weighted by Crippen LogP contribution is 2.28. The van der Waals surface area contributed by atoms with E-state index in [0.717, 1.165) is 11.3 Å². The van der Waals surface area contributed by atoms with Crippen molar-refractivity contribution in [2.75, 3.05) is 10.6 Å². The Balaban J connectivity index is 1.69. The van der Waals surface area contributed by atoms with Crippen molar-refractivity contribution in [3.63, 3.8) is 0 Å². The maximum atomic E-state index is 12.3. The van der Waals surface area contributed by atoms with Crippen LogP contribution in [0.5, 0.6) is 5.75 Å². The van der Waals surface area contributed by atoms with Crippen molar-refractivity contribution in [3.8, 4) is 5.75 Å². The van der Waals surface area contributed by atoms with Gasteiger partial charge in [0.1, 0.15) is 5.75 Å². The highest BCUT2D eigenvalue weighted by Gasteiger charge is 2.13. The molecule has 3 rings (SSSR count). The number of hydrogen-bond acceptors (Lipinski definition) is 3. The average molecular weight is 387 g/mol. The van der Waals surface area contributed by atoms with Gasteiger partial charge in [0.25, 0.3) is 5.91 Å². The van der Waals surface area contributed by atoms with Crippen LogP contribution >= 0.6 is 23.2 Å². The first kappa shape index (κ1) is 18.1. The molecule has 0 aliphatic rings. The van der Waals surface area contributed by atoms with E-state index in [4.69, 9.17) is 23.2 Å². The summed E-state index contributed by atoms with van der Waals surface area (Å²) in [6, 6.07) is 19.5. The molecule has 0 fully saturated rings. The number of carbonyl (C=O) groups excluding carboxylic acids is 1. The maximum Gasteiger partial charge on any atom is 0.259 e. The van der Waals surface area contributed by atoms with Crippen LogP contribution in [-0.4, -0.2) is 11.0 Å². The predicted molar refractivity (Wildman–Crippen MR) is 106 cm³/mol. The monoisotopic (exact) mass is 386 g/mol. The largest absolute Gasteiger partial charge is 0.507 e. The lowest BCUT2D eigenvalue weighted by Gasteiger charge is -2.11. The molecule has 26 heavy (non-hydrogen) atoms. The van der Waals surface area contributed by atoms with E-state index in [1.165, 1.54) is 18.2 Å². The molecule has 0 atom stereocenters. The number of amides is 1. The number of phenolic OH excluding ortho intramolecular Hbond substituents is 1. The summed E-state index contributed by atoms with van der Waals surface area (Å²) in [4.78, 5) is 12.3. The molecule has 3 N–H and O–H groups in total. The van der Waals surface area contributed by atoms with Gasteiger partial charge in [-0.05, 0) is 42.0 Å². The summed E-state index contributed by atoms with van der Waals surface area (Å²) in [6.45, 7) is 0.666. The Kier molecular flexibility index (Phi) is 5.66. The van der Waals surface area contributed by atoms with E-state index in [2.05, 4.69) is 10.6 Å². The summed E-state index contributed by atoms with van der Waals surface area (Å²) in [5.41, 5.74) is 2.51. The number of anilines is 2. The Hall–Kier alpha value is -2.69. The summed E-state index contributed by atoms with van der Waals surface area (Å²) in [5, 5.41) is 16.5. The number of benzene rings is 3. The highest BCUT2D eigenvalue weighted by molar-refractivity contribution is 6.34. The lowest BCUT2D eigenvalue weighted by Crippen LogP contribution is -2.12. The van der Waals surface area contributed by atoms with Gasteiger partial charge < -0.3 is 15.7 Å². The van der Waals surface area contributed by atoms with Crippen molar-refractivity contribution >= 4 is 40.5 Å². The van der Waals surface area contributed by atoms with Crippen LogP contribution in [-0.2, 0) is 6.54 Å². The maximum absolute atomic E-state index is 12.3. The van der Waals surface area contributed by atoms with E-state index in [1.54, 1.807) is 12.1 Å². The first-order valence-electron chi connectivity index (χ1n) is 7.90. The van der Waals surface area contributed by atoms with Crippen molar-refractivity contribution in [1.29, 1.82) is 0 Å². The molecule has 1 amide bonds. The first-order chi connectivity index (χ1) is 12.5. The van der Waals surface area contributed by atoms with Crippen LogP contribution in [0.1, 0.15) is 15.9 Å². The molecule has 0 spiro atoms. The Morgan fingerprint density at radius 2 is 1.73 bits per heavy atom.